The molecule has 3 nitrogen and oxygen atoms in total. The van der Waals surface area contributed by atoms with E-state index >= 15 is 0 Å². The molecule has 2 rings (SSSR count). The van der Waals surface area contributed by atoms with Crippen LogP contribution in [0.3, 0.4) is 0 Å². The Labute approximate surface area is 53.1 Å². The van der Waals surface area contributed by atoms with Crippen molar-refractivity contribution < 1.29 is 9.90 Å². The Morgan fingerprint density at radius 3 is 3.00 bits per heavy atom. The number of hydrogen-bond acceptors (Lipinski definition) is 3. The topological polar surface area (TPSA) is 49.3 Å². The maximum atomic E-state index is 10.8. The van der Waals surface area contributed by atoms with E-state index in [1.54, 1.807) is 0 Å². The zero-order chi connectivity index (χ0) is 6.43. The molecule has 1 aliphatic carbocycles. The molecule has 0 bridgehead atoms. The van der Waals surface area contributed by atoms with Crippen LogP contribution in [-0.2, 0) is 4.79 Å². The number of fused-ring (bicyclic) bond motifs is 1. The first-order chi connectivity index (χ1) is 4.30. The molecular weight excluding hydrogens is 118 g/mol. The van der Waals surface area contributed by atoms with Gasteiger partial charge in [-0.25, -0.2) is 0 Å². The lowest BCUT2D eigenvalue weighted by Crippen LogP contribution is -2.51. The highest BCUT2D eigenvalue weighted by atomic mass is 16.3. The van der Waals surface area contributed by atoms with E-state index in [9.17, 15) is 4.79 Å². The second-order valence-corrected chi connectivity index (χ2v) is 2.78. The van der Waals surface area contributed by atoms with Crippen LogP contribution in [0.25, 0.3) is 0 Å². The van der Waals surface area contributed by atoms with Crippen molar-refractivity contribution in [2.45, 2.75) is 6.10 Å². The molecule has 1 heterocycles. The highest BCUT2D eigenvalue weighted by Gasteiger charge is 2.50. The number of hydrogen-bond donors (Lipinski definition) is 2. The summed E-state index contributed by atoms with van der Waals surface area (Å²) in [4.78, 5) is 10.8. The molecule has 9 heavy (non-hydrogen) atoms. The fourth-order valence-corrected chi connectivity index (χ4v) is 1.65. The van der Waals surface area contributed by atoms with Gasteiger partial charge in [0.1, 0.15) is 6.10 Å². The lowest BCUT2D eigenvalue weighted by Gasteiger charge is -2.33. The van der Waals surface area contributed by atoms with Crippen LogP contribution in [0.4, 0.5) is 0 Å². The van der Waals surface area contributed by atoms with E-state index in [0.717, 1.165) is 13.1 Å². The number of Topliss-reactive ketones (excluding diaryl/α,β-unsaturated/α-hetero) is 1. The van der Waals surface area contributed by atoms with Crippen molar-refractivity contribution in [2.24, 2.45) is 11.8 Å². The first kappa shape index (κ1) is 5.38. The summed E-state index contributed by atoms with van der Waals surface area (Å²) >= 11 is 0. The molecule has 3 atom stereocenters. The van der Waals surface area contributed by atoms with E-state index < -0.39 is 6.10 Å². The van der Waals surface area contributed by atoms with Gasteiger partial charge in [-0.3, -0.25) is 4.79 Å². The minimum Gasteiger partial charge on any atom is -0.385 e. The molecule has 1 saturated carbocycles. The molecule has 2 aliphatic rings. The number of aliphatic hydroxyl groups excluding tert-OH is 1. The molecule has 0 aromatic heterocycles. The van der Waals surface area contributed by atoms with Gasteiger partial charge in [0.25, 0.3) is 0 Å². The van der Waals surface area contributed by atoms with E-state index in [2.05, 4.69) is 5.32 Å². The molecular formula is C6H9NO2. The zero-order valence-corrected chi connectivity index (χ0v) is 5.00. The molecule has 0 spiro atoms. The molecule has 0 aromatic rings. The number of nitrogens with one attached hydrogen (secondary N) is 1. The van der Waals surface area contributed by atoms with Gasteiger partial charge in [-0.2, -0.15) is 0 Å². The van der Waals surface area contributed by atoms with Gasteiger partial charge in [0, 0.05) is 24.9 Å². The summed E-state index contributed by atoms with van der Waals surface area (Å²) < 4.78 is 0. The monoisotopic (exact) mass is 127 g/mol. The fraction of sp³-hybridized carbons (Fsp3) is 0.833. The zero-order valence-electron chi connectivity index (χ0n) is 5.00. The van der Waals surface area contributed by atoms with Gasteiger partial charge in [0.2, 0.25) is 0 Å². The summed E-state index contributed by atoms with van der Waals surface area (Å²) in [5, 5.41) is 12.1. The summed E-state index contributed by atoms with van der Waals surface area (Å²) in [5.41, 5.74) is 0. The number of rotatable bonds is 0. The normalized spacial score (nSPS) is 48.6. The standard InChI is InChI=1S/C6H9NO2/c8-5-3-1-7-2-4(3)6(5)9/h3-5,7-8H,1-2H2/t3?,4-,5?/m1/s1. The molecule has 3 heteroatoms. The summed E-state index contributed by atoms with van der Waals surface area (Å²) in [6.07, 6.45) is -0.648. The Balaban J connectivity index is 2.14. The highest BCUT2D eigenvalue weighted by Crippen LogP contribution is 2.33. The maximum Gasteiger partial charge on any atom is 0.166 e. The third-order valence-corrected chi connectivity index (χ3v) is 2.32. The minimum absolute atomic E-state index is 0.0324. The predicted octanol–water partition coefficient (Wildman–Crippen LogP) is -1.23. The van der Waals surface area contributed by atoms with Crippen molar-refractivity contribution in [2.75, 3.05) is 13.1 Å². The Bertz CT molecular complexity index is 157. The maximum absolute atomic E-state index is 10.8. The van der Waals surface area contributed by atoms with Gasteiger partial charge in [-0.1, -0.05) is 0 Å². The van der Waals surface area contributed by atoms with E-state index in [1.807, 2.05) is 0 Å². The summed E-state index contributed by atoms with van der Waals surface area (Å²) in [6.45, 7) is 1.60. The van der Waals surface area contributed by atoms with Crippen molar-refractivity contribution >= 4 is 5.78 Å². The SMILES string of the molecule is O=C1C(O)C2CNC[C@@H]12. The number of aliphatic hydroxyl groups is 1. The van der Waals surface area contributed by atoms with E-state index in [-0.39, 0.29) is 17.6 Å². The average molecular weight is 127 g/mol. The molecule has 2 fully saturated rings. The van der Waals surface area contributed by atoms with Gasteiger partial charge >= 0.3 is 0 Å². The van der Waals surface area contributed by atoms with Crippen molar-refractivity contribution in [1.82, 2.24) is 5.32 Å². The van der Waals surface area contributed by atoms with Crippen molar-refractivity contribution in [1.29, 1.82) is 0 Å². The van der Waals surface area contributed by atoms with Gasteiger partial charge < -0.3 is 10.4 Å². The van der Waals surface area contributed by atoms with Crippen LogP contribution >= 0.6 is 0 Å². The molecule has 0 aromatic carbocycles. The fourth-order valence-electron chi connectivity index (χ4n) is 1.65. The molecule has 2 N–H and O–H groups in total. The lowest BCUT2D eigenvalue weighted by molar-refractivity contribution is -0.148. The Kier molecular flexibility index (Phi) is 0.926. The summed E-state index contributed by atoms with van der Waals surface area (Å²) in [7, 11) is 0. The van der Waals surface area contributed by atoms with Crippen molar-refractivity contribution in [3.05, 3.63) is 0 Å². The van der Waals surface area contributed by atoms with Gasteiger partial charge in [-0.15, -0.1) is 0 Å². The average Bonchev–Trinajstić information content (AvgIpc) is 2.30. The van der Waals surface area contributed by atoms with Gasteiger partial charge in [0.05, 0.1) is 0 Å². The van der Waals surface area contributed by atoms with Crippen molar-refractivity contribution in [3.63, 3.8) is 0 Å². The third kappa shape index (κ3) is 0.509. The Morgan fingerprint density at radius 1 is 1.56 bits per heavy atom. The van der Waals surface area contributed by atoms with E-state index in [4.69, 9.17) is 5.11 Å². The molecule has 0 radical (unpaired) electrons. The largest absolute Gasteiger partial charge is 0.385 e. The second kappa shape index (κ2) is 1.55. The Hall–Kier alpha value is -0.410. The van der Waals surface area contributed by atoms with E-state index in [0.29, 0.717) is 0 Å². The highest BCUT2D eigenvalue weighted by molar-refractivity contribution is 5.92. The van der Waals surface area contributed by atoms with Gasteiger partial charge in [-0.05, 0) is 0 Å². The molecule has 1 aliphatic heterocycles. The van der Waals surface area contributed by atoms with Crippen LogP contribution in [0.2, 0.25) is 0 Å². The lowest BCUT2D eigenvalue weighted by atomic mass is 9.72. The predicted molar refractivity (Wildman–Crippen MR) is 30.9 cm³/mol. The first-order valence-corrected chi connectivity index (χ1v) is 3.23. The van der Waals surface area contributed by atoms with Crippen LogP contribution in [-0.4, -0.2) is 30.1 Å². The van der Waals surface area contributed by atoms with Crippen LogP contribution in [0.5, 0.6) is 0 Å². The van der Waals surface area contributed by atoms with Crippen LogP contribution in [0.1, 0.15) is 0 Å². The Morgan fingerprint density at radius 2 is 2.33 bits per heavy atom. The van der Waals surface area contributed by atoms with Crippen LogP contribution in [0, 0.1) is 11.8 Å². The molecule has 2 unspecified atom stereocenters. The quantitative estimate of drug-likeness (QED) is 0.428. The number of ketones is 1. The smallest absolute Gasteiger partial charge is 0.166 e. The molecule has 50 valence electrons. The first-order valence-electron chi connectivity index (χ1n) is 3.23. The van der Waals surface area contributed by atoms with Gasteiger partial charge in [0.15, 0.2) is 5.78 Å². The molecule has 0 amide bonds. The molecule has 1 saturated heterocycles. The van der Waals surface area contributed by atoms with Crippen LogP contribution in [0.15, 0.2) is 0 Å². The number of carbonyl (C=O) groups excluding carboxylic acids is 1. The summed E-state index contributed by atoms with van der Waals surface area (Å²) in [5.74, 6) is 0.405. The number of carbonyl (C=O) groups is 1. The third-order valence-electron chi connectivity index (χ3n) is 2.32. The second-order valence-electron chi connectivity index (χ2n) is 2.78. The van der Waals surface area contributed by atoms with Crippen molar-refractivity contribution in [3.8, 4) is 0 Å². The van der Waals surface area contributed by atoms with E-state index in [1.165, 1.54) is 0 Å². The minimum atomic E-state index is -0.648. The summed E-state index contributed by atoms with van der Waals surface area (Å²) in [6, 6.07) is 0. The van der Waals surface area contributed by atoms with Crippen LogP contribution < -0.4 is 5.32 Å².